The second kappa shape index (κ2) is 4.51. The fourth-order valence-corrected chi connectivity index (χ4v) is 1.97. The van der Waals surface area contributed by atoms with E-state index in [1.54, 1.807) is 4.57 Å². The van der Waals surface area contributed by atoms with Gasteiger partial charge in [-0.25, -0.2) is 9.48 Å². The molecule has 0 radical (unpaired) electrons. The fraction of sp³-hybridized carbons (Fsp3) is 0.700. The minimum absolute atomic E-state index is 0.0780. The minimum atomic E-state index is -0.836. The van der Waals surface area contributed by atoms with E-state index in [9.17, 15) is 9.59 Å². The van der Waals surface area contributed by atoms with Gasteiger partial charge in [-0.05, 0) is 19.3 Å². The number of nitrogens with zero attached hydrogens (tertiary/aromatic N) is 3. The Morgan fingerprint density at radius 2 is 2.25 bits per heavy atom. The van der Waals surface area contributed by atoms with Crippen molar-refractivity contribution in [2.24, 2.45) is 0 Å². The number of rotatable bonds is 4. The first-order chi connectivity index (χ1) is 7.68. The number of carboxylic acid groups (broad SMARTS) is 1. The molecule has 0 aromatic carbocycles. The van der Waals surface area contributed by atoms with Crippen LogP contribution in [0.25, 0.3) is 0 Å². The predicted molar refractivity (Wildman–Crippen MR) is 56.3 cm³/mol. The lowest BCUT2D eigenvalue weighted by molar-refractivity contribution is -0.137. The molecule has 0 saturated heterocycles. The highest BCUT2D eigenvalue weighted by molar-refractivity contribution is 5.66. The molecule has 1 aliphatic rings. The molecule has 0 bridgehead atoms. The molecule has 2 rings (SSSR count). The summed E-state index contributed by atoms with van der Waals surface area (Å²) >= 11 is 0. The monoisotopic (exact) mass is 225 g/mol. The number of hydrogen-bond donors (Lipinski definition) is 1. The van der Waals surface area contributed by atoms with Gasteiger partial charge in [-0.2, -0.15) is 5.10 Å². The van der Waals surface area contributed by atoms with E-state index in [1.165, 1.54) is 4.68 Å². The smallest absolute Gasteiger partial charge is 0.345 e. The molecule has 16 heavy (non-hydrogen) atoms. The lowest BCUT2D eigenvalue weighted by atomic mass is 10.2. The molecule has 6 heteroatoms. The van der Waals surface area contributed by atoms with Crippen LogP contribution in [0.2, 0.25) is 0 Å². The van der Waals surface area contributed by atoms with Crippen LogP contribution in [0.15, 0.2) is 4.79 Å². The molecule has 1 aliphatic heterocycles. The van der Waals surface area contributed by atoms with Gasteiger partial charge < -0.3 is 5.11 Å². The van der Waals surface area contributed by atoms with E-state index < -0.39 is 5.97 Å². The van der Waals surface area contributed by atoms with Gasteiger partial charge in [0.15, 0.2) is 0 Å². The maximum atomic E-state index is 11.8. The van der Waals surface area contributed by atoms with Gasteiger partial charge in [-0.3, -0.25) is 9.36 Å². The average Bonchev–Trinajstić information content (AvgIpc) is 2.56. The van der Waals surface area contributed by atoms with Crippen molar-refractivity contribution in [2.75, 3.05) is 0 Å². The summed E-state index contributed by atoms with van der Waals surface area (Å²) in [6, 6.07) is 0. The summed E-state index contributed by atoms with van der Waals surface area (Å²) in [6.45, 7) is 1.14. The Morgan fingerprint density at radius 1 is 1.44 bits per heavy atom. The average molecular weight is 225 g/mol. The summed E-state index contributed by atoms with van der Waals surface area (Å²) in [7, 11) is 0. The Hall–Kier alpha value is -1.59. The molecule has 0 aliphatic carbocycles. The second-order valence-corrected chi connectivity index (χ2v) is 4.03. The van der Waals surface area contributed by atoms with Crippen molar-refractivity contribution < 1.29 is 9.90 Å². The molecule has 6 nitrogen and oxygen atoms in total. The van der Waals surface area contributed by atoms with Crippen LogP contribution >= 0.6 is 0 Å². The molecule has 0 saturated carbocycles. The number of aromatic nitrogens is 3. The maximum absolute atomic E-state index is 11.8. The summed E-state index contributed by atoms with van der Waals surface area (Å²) < 4.78 is 3.09. The molecule has 88 valence electrons. The zero-order chi connectivity index (χ0) is 11.5. The first-order valence-electron chi connectivity index (χ1n) is 5.57. The van der Waals surface area contributed by atoms with Crippen molar-refractivity contribution in [3.63, 3.8) is 0 Å². The van der Waals surface area contributed by atoms with Crippen molar-refractivity contribution in [2.45, 2.75) is 45.2 Å². The number of hydrogen-bond acceptors (Lipinski definition) is 3. The van der Waals surface area contributed by atoms with Crippen LogP contribution in [0.3, 0.4) is 0 Å². The number of fused-ring (bicyclic) bond motifs is 1. The minimum Gasteiger partial charge on any atom is -0.481 e. The highest BCUT2D eigenvalue weighted by atomic mass is 16.4. The van der Waals surface area contributed by atoms with E-state index in [0.717, 1.165) is 31.6 Å². The third kappa shape index (κ3) is 2.15. The van der Waals surface area contributed by atoms with E-state index >= 15 is 0 Å². The molecule has 0 spiro atoms. The van der Waals surface area contributed by atoms with Crippen LogP contribution in [0, 0.1) is 0 Å². The third-order valence-electron chi connectivity index (χ3n) is 2.79. The molecule has 1 aromatic heterocycles. The lowest BCUT2D eigenvalue weighted by Crippen LogP contribution is -2.27. The summed E-state index contributed by atoms with van der Waals surface area (Å²) in [5.41, 5.74) is -0.0971. The van der Waals surface area contributed by atoms with Crippen LogP contribution in [0.4, 0.5) is 0 Å². The topological polar surface area (TPSA) is 77.1 Å². The maximum Gasteiger partial charge on any atom is 0.345 e. The number of aryl methyl sites for hydroxylation is 2. The second-order valence-electron chi connectivity index (χ2n) is 4.03. The van der Waals surface area contributed by atoms with Crippen LogP contribution in [-0.4, -0.2) is 25.4 Å². The van der Waals surface area contributed by atoms with Crippen molar-refractivity contribution in [3.8, 4) is 0 Å². The van der Waals surface area contributed by atoms with E-state index in [-0.39, 0.29) is 12.1 Å². The number of aliphatic carboxylic acids is 1. The van der Waals surface area contributed by atoms with E-state index in [2.05, 4.69) is 5.10 Å². The number of carboxylic acids is 1. The molecule has 0 amide bonds. The van der Waals surface area contributed by atoms with Gasteiger partial charge in [-0.15, -0.1) is 0 Å². The Morgan fingerprint density at radius 3 is 2.94 bits per heavy atom. The molecule has 0 atom stereocenters. The van der Waals surface area contributed by atoms with Crippen molar-refractivity contribution in [1.82, 2.24) is 14.3 Å². The Labute approximate surface area is 92.5 Å². The summed E-state index contributed by atoms with van der Waals surface area (Å²) in [5.74, 6) is 0.00333. The Kier molecular flexibility index (Phi) is 3.07. The van der Waals surface area contributed by atoms with Gasteiger partial charge in [0.25, 0.3) is 0 Å². The quantitative estimate of drug-likeness (QED) is 0.796. The molecule has 1 aromatic rings. The van der Waals surface area contributed by atoms with Crippen LogP contribution in [-0.2, 0) is 24.3 Å². The molecule has 2 heterocycles. The normalized spacial score (nSPS) is 14.8. The Balaban J connectivity index is 2.07. The summed E-state index contributed by atoms with van der Waals surface area (Å²) in [6.07, 6.45) is 3.47. The van der Waals surface area contributed by atoms with Crippen molar-refractivity contribution >= 4 is 5.97 Å². The summed E-state index contributed by atoms with van der Waals surface area (Å²) in [5, 5.41) is 12.7. The third-order valence-corrected chi connectivity index (χ3v) is 2.79. The molecular weight excluding hydrogens is 210 g/mol. The standard InChI is InChI=1S/C10H15N3O3/c14-9(15)5-3-7-13-10(16)12-6-2-1-4-8(12)11-13/h1-7H2,(H,14,15). The first kappa shape index (κ1) is 10.9. The van der Waals surface area contributed by atoms with Crippen LogP contribution < -0.4 is 5.69 Å². The SMILES string of the molecule is O=C(O)CCCn1nc2n(c1=O)CCCC2. The summed E-state index contributed by atoms with van der Waals surface area (Å²) in [4.78, 5) is 22.2. The van der Waals surface area contributed by atoms with Crippen LogP contribution in [0.1, 0.15) is 31.5 Å². The van der Waals surface area contributed by atoms with E-state index in [4.69, 9.17) is 5.11 Å². The van der Waals surface area contributed by atoms with Gasteiger partial charge in [-0.1, -0.05) is 0 Å². The lowest BCUT2D eigenvalue weighted by Gasteiger charge is -2.09. The zero-order valence-electron chi connectivity index (χ0n) is 9.06. The van der Waals surface area contributed by atoms with Gasteiger partial charge >= 0.3 is 11.7 Å². The Bertz CT molecular complexity index is 447. The van der Waals surface area contributed by atoms with Crippen molar-refractivity contribution in [3.05, 3.63) is 16.3 Å². The molecule has 0 fully saturated rings. The first-order valence-corrected chi connectivity index (χ1v) is 5.57. The van der Waals surface area contributed by atoms with Gasteiger partial charge in [0, 0.05) is 25.9 Å². The number of carbonyl (C=O) groups is 1. The molecule has 1 N–H and O–H groups in total. The highest BCUT2D eigenvalue weighted by Crippen LogP contribution is 2.09. The van der Waals surface area contributed by atoms with E-state index in [0.29, 0.717) is 13.0 Å². The molecular formula is C10H15N3O3. The predicted octanol–water partition coefficient (Wildman–Crippen LogP) is 0.246. The van der Waals surface area contributed by atoms with Gasteiger partial charge in [0.2, 0.25) is 0 Å². The highest BCUT2D eigenvalue weighted by Gasteiger charge is 2.16. The van der Waals surface area contributed by atoms with Crippen LogP contribution in [0.5, 0.6) is 0 Å². The fourth-order valence-electron chi connectivity index (χ4n) is 1.97. The van der Waals surface area contributed by atoms with Gasteiger partial charge in [0.05, 0.1) is 0 Å². The largest absolute Gasteiger partial charge is 0.481 e. The molecule has 0 unspecified atom stereocenters. The van der Waals surface area contributed by atoms with Gasteiger partial charge in [0.1, 0.15) is 5.82 Å². The zero-order valence-corrected chi connectivity index (χ0v) is 9.06. The van der Waals surface area contributed by atoms with E-state index in [1.807, 2.05) is 0 Å². The van der Waals surface area contributed by atoms with Crippen molar-refractivity contribution in [1.29, 1.82) is 0 Å².